The van der Waals surface area contributed by atoms with E-state index in [2.05, 4.69) is 45.3 Å². The summed E-state index contributed by atoms with van der Waals surface area (Å²) >= 11 is 0. The third kappa shape index (κ3) is 8.24. The number of aryl methyl sites for hydroxylation is 1. The molecule has 15 nitrogen and oxygen atoms in total. The minimum Gasteiger partial charge on any atom is -0.493 e. The molecule has 0 saturated heterocycles. The minimum atomic E-state index is -4.25. The van der Waals surface area contributed by atoms with E-state index < -0.39 is 10.0 Å². The molecule has 4 heterocycles. The van der Waals surface area contributed by atoms with E-state index in [0.29, 0.717) is 17.0 Å². The summed E-state index contributed by atoms with van der Waals surface area (Å²) in [5.74, 6) is 0.291. The number of anilines is 1. The smallest absolute Gasteiger partial charge is 0.493 e. The molecule has 0 aliphatic rings. The number of ether oxygens (including phenoxy) is 3. The van der Waals surface area contributed by atoms with Crippen molar-refractivity contribution in [3.8, 4) is 46.0 Å². The van der Waals surface area contributed by atoms with Gasteiger partial charge in [-0.3, -0.25) is 9.71 Å². The van der Waals surface area contributed by atoms with Gasteiger partial charge in [-0.2, -0.15) is 18.6 Å². The number of H-pyrrole nitrogens is 1. The Hall–Kier alpha value is -3.22. The van der Waals surface area contributed by atoms with Crippen LogP contribution in [-0.4, -0.2) is 74.4 Å². The van der Waals surface area contributed by atoms with Gasteiger partial charge in [0.2, 0.25) is 11.6 Å². The molecule has 0 aliphatic carbocycles. The van der Waals surface area contributed by atoms with Crippen LogP contribution >= 0.6 is 0 Å². The number of pyridine rings is 2. The molecule has 5 aromatic rings. The molecule has 3 N–H and O–H groups in total. The summed E-state index contributed by atoms with van der Waals surface area (Å²) in [7, 11) is -2.79. The maximum absolute atomic E-state index is 13.4. The number of aliphatic hydroxyl groups excluding tert-OH is 1. The van der Waals surface area contributed by atoms with Crippen LogP contribution in [0.25, 0.3) is 22.9 Å². The first kappa shape index (κ1) is 34.3. The SMILES string of the molecule is COc1ccccc1Oc1c(NS(=O)(=O)c2ccc(C)cn2)nc(-c2ccnc(-c3nn[nH]n3)c2)nc1OCCO.[Na+].[Na+]. The number of tetrazole rings is 1. The minimum absolute atomic E-state index is 0. The molecule has 0 spiro atoms. The number of aliphatic hydroxyl groups is 1. The van der Waals surface area contributed by atoms with Gasteiger partial charge in [-0.1, -0.05) is 18.2 Å². The monoisotopic (exact) mass is 623 g/mol. The predicted molar refractivity (Wildman–Crippen MR) is 144 cm³/mol. The average molecular weight is 624 g/mol. The summed E-state index contributed by atoms with van der Waals surface area (Å²) in [6, 6.07) is 12.9. The van der Waals surface area contributed by atoms with Gasteiger partial charge in [0.05, 0.1) is 13.7 Å². The van der Waals surface area contributed by atoms with E-state index in [1.807, 2.05) is 0 Å². The number of hydrogen-bond acceptors (Lipinski definition) is 13. The molecule has 43 heavy (non-hydrogen) atoms. The van der Waals surface area contributed by atoms with Crippen molar-refractivity contribution in [3.63, 3.8) is 0 Å². The van der Waals surface area contributed by atoms with Crippen LogP contribution < -0.4 is 78.0 Å². The van der Waals surface area contributed by atoms with Crippen molar-refractivity contribution in [1.29, 1.82) is 0 Å². The fourth-order valence-electron chi connectivity index (χ4n) is 3.53. The summed E-state index contributed by atoms with van der Waals surface area (Å²) in [5.41, 5.74) is 1.56. The molecule has 0 saturated carbocycles. The third-order valence-corrected chi connectivity index (χ3v) is 6.68. The van der Waals surface area contributed by atoms with Gasteiger partial charge in [-0.05, 0) is 48.0 Å². The van der Waals surface area contributed by atoms with Crippen LogP contribution in [0.15, 0.2) is 66.0 Å². The van der Waals surface area contributed by atoms with Gasteiger partial charge in [-0.25, -0.2) is 9.97 Å². The van der Waals surface area contributed by atoms with Crippen molar-refractivity contribution in [1.82, 2.24) is 40.6 Å². The number of sulfonamides is 1. The second-order valence-corrected chi connectivity index (χ2v) is 9.93. The average Bonchev–Trinajstić information content (AvgIpc) is 3.53. The van der Waals surface area contributed by atoms with Crippen molar-refractivity contribution in [2.45, 2.75) is 11.9 Å². The molecule has 4 aromatic heterocycles. The Kier molecular flexibility index (Phi) is 12.3. The summed E-state index contributed by atoms with van der Waals surface area (Å²) in [4.78, 5) is 17.2. The standard InChI is InChI=1S/C25H23N9O6S.2Na/c1-15-7-8-20(27-14-15)41(36,37)32-24-21(40-19-6-4-3-5-18(19)38-2)25(39-12-11-35)29-22(28-24)16-9-10-26-17(13-16)23-30-33-34-31-23;;/h3-10,13-14,35H,11-12H2,1-2H3,(H,28,29,32)(H,30,31,33,34);;/q;2*+1. The predicted octanol–water partition coefficient (Wildman–Crippen LogP) is -3.60. The fraction of sp³-hybridized carbons (Fsp3) is 0.160. The molecule has 0 atom stereocenters. The van der Waals surface area contributed by atoms with Crippen molar-refractivity contribution in [3.05, 3.63) is 66.5 Å². The molecule has 18 heteroatoms. The van der Waals surface area contributed by atoms with Crippen LogP contribution in [0, 0.1) is 6.92 Å². The van der Waals surface area contributed by atoms with Crippen LogP contribution in [0.4, 0.5) is 5.82 Å². The molecule has 0 radical (unpaired) electrons. The van der Waals surface area contributed by atoms with Gasteiger partial charge in [0.25, 0.3) is 15.9 Å². The molecule has 0 bridgehead atoms. The van der Waals surface area contributed by atoms with E-state index >= 15 is 0 Å². The van der Waals surface area contributed by atoms with Crippen LogP contribution in [0.3, 0.4) is 0 Å². The number of para-hydroxylation sites is 2. The van der Waals surface area contributed by atoms with E-state index in [1.54, 1.807) is 49.4 Å². The molecule has 5 rings (SSSR count). The van der Waals surface area contributed by atoms with E-state index in [9.17, 15) is 13.5 Å². The second-order valence-electron chi connectivity index (χ2n) is 8.30. The molecule has 1 aromatic carbocycles. The summed E-state index contributed by atoms with van der Waals surface area (Å²) < 4.78 is 46.4. The van der Waals surface area contributed by atoms with Crippen LogP contribution in [0.2, 0.25) is 0 Å². The quantitative estimate of drug-likeness (QED) is 0.122. The summed E-state index contributed by atoms with van der Waals surface area (Å²) in [6.45, 7) is 1.27. The molecule has 0 unspecified atom stereocenters. The van der Waals surface area contributed by atoms with Gasteiger partial charge in [0, 0.05) is 18.0 Å². The van der Waals surface area contributed by atoms with Gasteiger partial charge < -0.3 is 19.3 Å². The van der Waals surface area contributed by atoms with Crippen molar-refractivity contribution >= 4 is 15.8 Å². The van der Waals surface area contributed by atoms with Gasteiger partial charge in [0.1, 0.15) is 12.3 Å². The van der Waals surface area contributed by atoms with Gasteiger partial charge in [0.15, 0.2) is 28.2 Å². The molecular formula is C25H23N9Na2O6S+2. The maximum Gasteiger partial charge on any atom is 1.00 e. The maximum atomic E-state index is 13.4. The van der Waals surface area contributed by atoms with Crippen molar-refractivity contribution < 1.29 is 86.8 Å². The van der Waals surface area contributed by atoms with Crippen molar-refractivity contribution in [2.24, 2.45) is 0 Å². The number of methoxy groups -OCH3 is 1. The largest absolute Gasteiger partial charge is 1.00 e. The van der Waals surface area contributed by atoms with Gasteiger partial charge >= 0.3 is 59.1 Å². The molecule has 0 amide bonds. The first-order valence-corrected chi connectivity index (χ1v) is 13.5. The molecule has 210 valence electrons. The number of nitrogens with zero attached hydrogens (tertiary/aromatic N) is 7. The van der Waals surface area contributed by atoms with Crippen molar-refractivity contribution in [2.75, 3.05) is 25.0 Å². The van der Waals surface area contributed by atoms with E-state index in [1.165, 1.54) is 25.6 Å². The third-order valence-electron chi connectivity index (χ3n) is 5.43. The number of rotatable bonds is 11. The van der Waals surface area contributed by atoms with E-state index in [0.717, 1.165) is 5.56 Å². The topological polar surface area (TPSA) is 200 Å². The van der Waals surface area contributed by atoms with E-state index in [4.69, 9.17) is 14.2 Å². The Balaban J connectivity index is 0.00000253. The zero-order valence-corrected chi connectivity index (χ0v) is 28.5. The number of aromatic nitrogens is 8. The molecular weight excluding hydrogens is 600 g/mol. The zero-order valence-electron chi connectivity index (χ0n) is 23.7. The second kappa shape index (κ2) is 15.5. The van der Waals surface area contributed by atoms with Crippen LogP contribution in [0.5, 0.6) is 23.1 Å². The van der Waals surface area contributed by atoms with Crippen LogP contribution in [0.1, 0.15) is 5.56 Å². The zero-order chi connectivity index (χ0) is 28.8. The molecule has 0 aliphatic heterocycles. The Labute approximate surface area is 290 Å². The van der Waals surface area contributed by atoms with Crippen LogP contribution in [-0.2, 0) is 10.0 Å². The summed E-state index contributed by atoms with van der Waals surface area (Å²) in [5, 5.41) is 23.0. The Morgan fingerprint density at radius 3 is 2.47 bits per heavy atom. The first-order valence-electron chi connectivity index (χ1n) is 12.0. The Bertz CT molecular complexity index is 1760. The summed E-state index contributed by atoms with van der Waals surface area (Å²) in [6.07, 6.45) is 2.91. The number of hydrogen-bond donors (Lipinski definition) is 3. The fourth-order valence-corrected chi connectivity index (χ4v) is 4.46. The van der Waals surface area contributed by atoms with E-state index in [-0.39, 0.29) is 112 Å². The Morgan fingerprint density at radius 1 is 1.00 bits per heavy atom. The normalized spacial score (nSPS) is 10.7. The first-order chi connectivity index (χ1) is 19.9. The number of aromatic amines is 1. The number of nitrogens with one attached hydrogen (secondary N) is 2. The number of benzene rings is 1. The Morgan fingerprint density at radius 2 is 1.79 bits per heavy atom. The van der Waals surface area contributed by atoms with Gasteiger partial charge in [-0.15, -0.1) is 10.2 Å². The molecule has 0 fully saturated rings.